The van der Waals surface area contributed by atoms with Crippen LogP contribution in [0.1, 0.15) is 83.1 Å². The van der Waals surface area contributed by atoms with Gasteiger partial charge in [0.15, 0.2) is 0 Å². The molecule has 0 heterocycles. The molecule has 4 unspecified atom stereocenters. The van der Waals surface area contributed by atoms with Crippen molar-refractivity contribution in [3.8, 4) is 0 Å². The SMILES string of the molecule is C[SiH](C)OC(CN(CC(O[SiH](C)C)C(C)(C)C)S(=O)(=O)c1cc[c]([BiH2])c(S(=O)(=O)N(CC(O[SiH](C)C)C(C)(C)C)CC(O[SiH](C)C)C(C)(C)C)c1)C(C)(C)C. The third-order valence-corrected chi connectivity index (χ3v) is 19.3. The Morgan fingerprint density at radius 2 is 0.764 bits per heavy atom. The fourth-order valence-corrected chi connectivity index (χ4v) is 16.0. The minimum atomic E-state index is -4.23. The summed E-state index contributed by atoms with van der Waals surface area (Å²) < 4.78 is 90.3. The van der Waals surface area contributed by atoms with Gasteiger partial charge in [-0.2, -0.15) is 0 Å². The van der Waals surface area contributed by atoms with E-state index in [1.807, 2.05) is 0 Å². The van der Waals surface area contributed by atoms with E-state index in [-0.39, 0.29) is 107 Å². The molecular weight excluding hydrogens is 998 g/mol. The molecular formula is C38H81BiN2O8S2Si4. The van der Waals surface area contributed by atoms with Crippen molar-refractivity contribution in [2.24, 2.45) is 21.7 Å². The first-order valence-corrected chi connectivity index (χ1v) is 36.3. The second-order valence-corrected chi connectivity index (χ2v) is 36.2. The van der Waals surface area contributed by atoms with Crippen LogP contribution >= 0.6 is 0 Å². The Hall–Kier alpha value is 0.631. The molecule has 0 saturated carbocycles. The molecule has 1 rings (SSSR count). The third-order valence-electron chi connectivity index (χ3n) is 9.33. The summed E-state index contributed by atoms with van der Waals surface area (Å²) in [5.41, 5.74) is -1.38. The Balaban J connectivity index is 4.13. The van der Waals surface area contributed by atoms with Crippen LogP contribution in [0.25, 0.3) is 0 Å². The molecule has 0 fully saturated rings. The zero-order valence-electron chi connectivity index (χ0n) is 38.2. The van der Waals surface area contributed by atoms with Gasteiger partial charge in [0.25, 0.3) is 0 Å². The van der Waals surface area contributed by atoms with Gasteiger partial charge in [-0.1, -0.05) is 0 Å². The van der Waals surface area contributed by atoms with Crippen molar-refractivity contribution in [2.45, 2.75) is 170 Å². The molecule has 4 atom stereocenters. The van der Waals surface area contributed by atoms with Gasteiger partial charge in [-0.3, -0.25) is 0 Å². The second-order valence-electron chi connectivity index (χ2n) is 20.5. The molecule has 324 valence electrons. The average Bonchev–Trinajstić information content (AvgIpc) is 2.95. The molecule has 55 heavy (non-hydrogen) atoms. The molecule has 0 aliphatic rings. The van der Waals surface area contributed by atoms with E-state index in [1.54, 1.807) is 12.1 Å². The Kier molecular flexibility index (Phi) is 20.4. The van der Waals surface area contributed by atoms with Crippen molar-refractivity contribution >= 4 is 84.2 Å². The van der Waals surface area contributed by atoms with Crippen LogP contribution in [0.5, 0.6) is 0 Å². The Morgan fingerprint density at radius 1 is 0.509 bits per heavy atom. The van der Waals surface area contributed by atoms with Crippen molar-refractivity contribution in [3.63, 3.8) is 0 Å². The van der Waals surface area contributed by atoms with E-state index in [1.165, 1.54) is 14.7 Å². The van der Waals surface area contributed by atoms with Gasteiger partial charge in [-0.15, -0.1) is 0 Å². The molecule has 0 aromatic heterocycles. The first-order valence-electron chi connectivity index (χ1n) is 20.0. The summed E-state index contributed by atoms with van der Waals surface area (Å²) in [6.45, 7) is 42.1. The van der Waals surface area contributed by atoms with Crippen molar-refractivity contribution in [1.29, 1.82) is 0 Å². The van der Waals surface area contributed by atoms with Gasteiger partial charge in [-0.05, 0) is 0 Å². The second kappa shape index (κ2) is 20.9. The molecule has 0 bridgehead atoms. The standard InChI is InChI=1S/C38H79N2O8S2Si4.Bi.2H/c1-35(2,3)31(45-51(13)14)25-39(26-32(36(4,5)6)46-52(15)16)49(41,42)29-22-21-23-30(24-29)50(43,44)40(27-33(37(7,8)9)47-53(17)18)28-34(38(10,11)12)48-54(19)20;;;/h21-22,24,31-34,51-54H,25-28H2,1-20H3;;;. The van der Waals surface area contributed by atoms with Gasteiger partial charge < -0.3 is 0 Å². The maximum absolute atomic E-state index is 15.2. The summed E-state index contributed by atoms with van der Waals surface area (Å²) in [4.78, 5) is -0.00501. The predicted molar refractivity (Wildman–Crippen MR) is 245 cm³/mol. The number of hydrogen-bond donors (Lipinski definition) is 0. The van der Waals surface area contributed by atoms with E-state index in [0.29, 0.717) is 3.27 Å². The topological polar surface area (TPSA) is 112 Å². The van der Waals surface area contributed by atoms with Gasteiger partial charge in [0.05, 0.1) is 0 Å². The van der Waals surface area contributed by atoms with Crippen molar-refractivity contribution in [2.75, 3.05) is 26.2 Å². The van der Waals surface area contributed by atoms with Crippen molar-refractivity contribution in [1.82, 2.24) is 8.61 Å². The first-order chi connectivity index (χ1) is 24.5. The van der Waals surface area contributed by atoms with Crippen LogP contribution in [0.4, 0.5) is 0 Å². The summed E-state index contributed by atoms with van der Waals surface area (Å²) in [6.07, 6.45) is -1.49. The van der Waals surface area contributed by atoms with E-state index in [9.17, 15) is 0 Å². The van der Waals surface area contributed by atoms with Crippen LogP contribution in [0.15, 0.2) is 28.0 Å². The fraction of sp³-hybridized carbons (Fsp3) is 0.842. The monoisotopic (exact) mass is 1080 g/mol. The molecule has 1 aromatic rings. The van der Waals surface area contributed by atoms with E-state index >= 15 is 16.8 Å². The average molecular weight is 1080 g/mol. The Morgan fingerprint density at radius 3 is 1.00 bits per heavy atom. The van der Waals surface area contributed by atoms with E-state index in [0.717, 1.165) is 0 Å². The van der Waals surface area contributed by atoms with Crippen LogP contribution in [-0.4, -0.2) is 137 Å². The molecule has 10 nitrogen and oxygen atoms in total. The molecule has 0 spiro atoms. The summed E-state index contributed by atoms with van der Waals surface area (Å²) in [7, 11) is -14.7. The molecule has 0 aliphatic heterocycles. The molecule has 0 radical (unpaired) electrons. The fourth-order valence-electron chi connectivity index (χ4n) is 5.87. The predicted octanol–water partition coefficient (Wildman–Crippen LogP) is 5.59. The Bertz CT molecular complexity index is 1510. The quantitative estimate of drug-likeness (QED) is 0.156. The molecule has 17 heteroatoms. The van der Waals surface area contributed by atoms with E-state index in [2.05, 4.69) is 135 Å². The molecule has 0 aliphatic carbocycles. The van der Waals surface area contributed by atoms with Crippen LogP contribution in [0.3, 0.4) is 0 Å². The maximum atomic E-state index is 15.2. The zero-order chi connectivity index (χ0) is 43.3. The number of nitrogens with zero attached hydrogens (tertiary/aromatic N) is 2. The first kappa shape index (κ1) is 53.6. The number of benzene rings is 1. The molecule has 0 N–H and O–H groups in total. The normalized spacial score (nSPS) is 16.6. The number of sulfonamides is 2. The van der Waals surface area contributed by atoms with E-state index < -0.39 is 56.2 Å². The minimum absolute atomic E-state index is 0.0406. The van der Waals surface area contributed by atoms with Crippen molar-refractivity contribution in [3.05, 3.63) is 18.2 Å². The van der Waals surface area contributed by atoms with Gasteiger partial charge in [0.2, 0.25) is 0 Å². The van der Waals surface area contributed by atoms with Gasteiger partial charge in [-0.25, -0.2) is 0 Å². The van der Waals surface area contributed by atoms with Gasteiger partial charge in [0.1, 0.15) is 0 Å². The number of hydrogen-bond acceptors (Lipinski definition) is 8. The van der Waals surface area contributed by atoms with Crippen molar-refractivity contribution < 1.29 is 34.5 Å². The van der Waals surface area contributed by atoms with Crippen LogP contribution in [0.2, 0.25) is 52.4 Å². The van der Waals surface area contributed by atoms with Gasteiger partial charge >= 0.3 is 363 Å². The molecule has 1 aromatic carbocycles. The Labute approximate surface area is 360 Å². The third kappa shape index (κ3) is 17.3. The van der Waals surface area contributed by atoms with Crippen LogP contribution in [-0.2, 0) is 37.8 Å². The summed E-state index contributed by atoms with van der Waals surface area (Å²) in [5, 5.41) is 0. The van der Waals surface area contributed by atoms with Gasteiger partial charge in [0, 0.05) is 0 Å². The molecule has 0 amide bonds. The summed E-state index contributed by atoms with van der Waals surface area (Å²) >= 11 is 0.129. The van der Waals surface area contributed by atoms with Crippen LogP contribution < -0.4 is 3.27 Å². The number of rotatable bonds is 20. The van der Waals surface area contributed by atoms with E-state index in [4.69, 9.17) is 17.7 Å². The zero-order valence-corrected chi connectivity index (χ0v) is 49.0. The summed E-state index contributed by atoms with van der Waals surface area (Å²) in [6, 6.07) is 4.67. The van der Waals surface area contributed by atoms with Crippen LogP contribution in [0, 0.1) is 21.7 Å². The summed E-state index contributed by atoms with van der Waals surface area (Å²) in [5.74, 6) is 0. The molecule has 0 saturated heterocycles.